The van der Waals surface area contributed by atoms with E-state index in [1.54, 1.807) is 37.4 Å². The van der Waals surface area contributed by atoms with Gasteiger partial charge in [0.05, 0.1) is 22.7 Å². The molecule has 0 unspecified atom stereocenters. The summed E-state index contributed by atoms with van der Waals surface area (Å²) in [4.78, 5) is 0. The average Bonchev–Trinajstić information content (AvgIpc) is 2.79. The van der Waals surface area contributed by atoms with Crippen molar-refractivity contribution in [1.82, 2.24) is 0 Å². The van der Waals surface area contributed by atoms with Crippen LogP contribution in [0.4, 0.5) is 28.4 Å². The zero-order valence-electron chi connectivity index (χ0n) is 17.1. The monoisotopic (exact) mass is 408 g/mol. The molecule has 0 aliphatic carbocycles. The fourth-order valence-electron chi connectivity index (χ4n) is 3.02. The molecule has 0 aromatic heterocycles. The molecular weight excluding hydrogens is 388 g/mol. The van der Waals surface area contributed by atoms with Gasteiger partial charge in [-0.15, -0.1) is 5.11 Å². The first-order valence-corrected chi connectivity index (χ1v) is 9.68. The van der Waals surface area contributed by atoms with E-state index in [0.29, 0.717) is 17.1 Å². The van der Waals surface area contributed by atoms with E-state index in [1.165, 1.54) is 0 Å². The lowest BCUT2D eigenvalue weighted by Gasteiger charge is -2.04. The molecule has 7 nitrogen and oxygen atoms in total. The molecule has 0 radical (unpaired) electrons. The van der Waals surface area contributed by atoms with Crippen molar-refractivity contribution < 1.29 is 5.11 Å². The highest BCUT2D eigenvalue weighted by atomic mass is 16.3. The second-order valence-corrected chi connectivity index (χ2v) is 6.89. The fraction of sp³-hybridized carbons (Fsp3) is 0.0833. The quantitative estimate of drug-likeness (QED) is 0.330. The highest BCUT2D eigenvalue weighted by molar-refractivity contribution is 5.92. The third-order valence-corrected chi connectivity index (χ3v) is 4.59. The van der Waals surface area contributed by atoms with Crippen LogP contribution in [-0.2, 0) is 0 Å². The molecule has 0 atom stereocenters. The summed E-state index contributed by atoms with van der Waals surface area (Å²) in [5, 5.41) is 36.8. The van der Waals surface area contributed by atoms with E-state index < -0.39 is 0 Å². The van der Waals surface area contributed by atoms with Crippen molar-refractivity contribution in [3.63, 3.8) is 0 Å². The van der Waals surface area contributed by atoms with Crippen LogP contribution < -0.4 is 0 Å². The van der Waals surface area contributed by atoms with Gasteiger partial charge in [0.2, 0.25) is 0 Å². The number of hydrogen-bond donors (Lipinski definition) is 1. The maximum Gasteiger partial charge on any atom is 0.150 e. The Bertz CT molecular complexity index is 1290. The van der Waals surface area contributed by atoms with Crippen molar-refractivity contribution in [2.45, 2.75) is 6.92 Å². The molecule has 0 spiro atoms. The molecule has 0 saturated carbocycles. The summed E-state index contributed by atoms with van der Waals surface area (Å²) in [7, 11) is 1.63. The highest BCUT2D eigenvalue weighted by Crippen LogP contribution is 2.36. The first-order chi connectivity index (χ1) is 15.1. The standard InChI is InChI=1S/C24H20N6O/c1-16-3-13-22-17(15-16)4-14-23(24(22)31)30-29-21-11-9-20(10-12-21)28-27-19-7-5-18(6-8-19)26-25-2/h3-15,31H,1-2H3. The molecule has 31 heavy (non-hydrogen) atoms. The van der Waals surface area contributed by atoms with Gasteiger partial charge in [-0.05, 0) is 66.9 Å². The number of hydrogen-bond acceptors (Lipinski definition) is 7. The SMILES string of the molecule is CN=Nc1ccc(N=Nc2ccc(N=Nc3ccc4cc(C)ccc4c3O)cc2)cc1. The number of aryl methyl sites for hydroxylation is 1. The topological polar surface area (TPSA) is 94.4 Å². The van der Waals surface area contributed by atoms with E-state index in [1.807, 2.05) is 55.5 Å². The van der Waals surface area contributed by atoms with Crippen LogP contribution in [0.25, 0.3) is 10.8 Å². The Balaban J connectivity index is 1.47. The molecule has 1 N–H and O–H groups in total. The maximum atomic E-state index is 10.5. The van der Waals surface area contributed by atoms with Crippen molar-refractivity contribution in [1.29, 1.82) is 0 Å². The predicted octanol–water partition coefficient (Wildman–Crippen LogP) is 8.40. The van der Waals surface area contributed by atoms with Crippen LogP contribution in [0.1, 0.15) is 5.56 Å². The molecule has 0 amide bonds. The van der Waals surface area contributed by atoms with Gasteiger partial charge in [-0.3, -0.25) is 0 Å². The Morgan fingerprint density at radius 2 is 1.10 bits per heavy atom. The number of nitrogens with zero attached hydrogens (tertiary/aromatic N) is 6. The lowest BCUT2D eigenvalue weighted by Crippen LogP contribution is -1.77. The van der Waals surface area contributed by atoms with Crippen molar-refractivity contribution in [3.8, 4) is 5.75 Å². The van der Waals surface area contributed by atoms with Gasteiger partial charge in [-0.1, -0.05) is 29.8 Å². The van der Waals surface area contributed by atoms with Crippen LogP contribution in [-0.4, -0.2) is 12.2 Å². The van der Waals surface area contributed by atoms with Crippen LogP contribution >= 0.6 is 0 Å². The molecule has 0 fully saturated rings. The number of phenols is 1. The third kappa shape index (κ3) is 4.84. The summed E-state index contributed by atoms with van der Waals surface area (Å²) in [6.07, 6.45) is 0. The summed E-state index contributed by atoms with van der Waals surface area (Å²) in [6.45, 7) is 2.02. The first kappa shape index (κ1) is 20.0. The summed E-state index contributed by atoms with van der Waals surface area (Å²) in [6, 6.07) is 24.1. The second kappa shape index (κ2) is 9.04. The number of benzene rings is 4. The van der Waals surface area contributed by atoms with Crippen molar-refractivity contribution in [2.24, 2.45) is 30.7 Å². The maximum absolute atomic E-state index is 10.5. The molecule has 0 saturated heterocycles. The summed E-state index contributed by atoms with van der Waals surface area (Å²) < 4.78 is 0. The Hall–Kier alpha value is -4.26. The smallest absolute Gasteiger partial charge is 0.150 e. The predicted molar refractivity (Wildman–Crippen MR) is 122 cm³/mol. The number of rotatable bonds is 5. The number of aromatic hydroxyl groups is 1. The average molecular weight is 408 g/mol. The zero-order chi connectivity index (χ0) is 21.6. The molecule has 152 valence electrons. The van der Waals surface area contributed by atoms with E-state index >= 15 is 0 Å². The molecule has 0 bridgehead atoms. The van der Waals surface area contributed by atoms with Gasteiger partial charge in [0.15, 0.2) is 5.75 Å². The Kier molecular flexibility index (Phi) is 5.84. The van der Waals surface area contributed by atoms with E-state index in [0.717, 1.165) is 27.7 Å². The van der Waals surface area contributed by atoms with E-state index in [-0.39, 0.29) is 5.75 Å². The summed E-state index contributed by atoms with van der Waals surface area (Å²) >= 11 is 0. The minimum absolute atomic E-state index is 0.123. The van der Waals surface area contributed by atoms with Gasteiger partial charge in [0, 0.05) is 12.4 Å². The molecular formula is C24H20N6O. The van der Waals surface area contributed by atoms with Gasteiger partial charge in [-0.2, -0.15) is 25.6 Å². The highest BCUT2D eigenvalue weighted by Gasteiger charge is 2.06. The largest absolute Gasteiger partial charge is 0.505 e. The minimum atomic E-state index is 0.123. The fourth-order valence-corrected chi connectivity index (χ4v) is 3.02. The molecule has 4 rings (SSSR count). The number of phenolic OH excluding ortho intramolecular Hbond substituents is 1. The lowest BCUT2D eigenvalue weighted by molar-refractivity contribution is 0.482. The molecule has 4 aromatic carbocycles. The first-order valence-electron chi connectivity index (χ1n) is 9.68. The van der Waals surface area contributed by atoms with Gasteiger partial charge < -0.3 is 5.11 Å². The van der Waals surface area contributed by atoms with E-state index in [9.17, 15) is 5.11 Å². The van der Waals surface area contributed by atoms with Crippen molar-refractivity contribution >= 4 is 39.2 Å². The van der Waals surface area contributed by atoms with Crippen molar-refractivity contribution in [3.05, 3.63) is 84.4 Å². The van der Waals surface area contributed by atoms with E-state index in [2.05, 4.69) is 30.7 Å². The Morgan fingerprint density at radius 3 is 1.65 bits per heavy atom. The van der Waals surface area contributed by atoms with Gasteiger partial charge in [0.1, 0.15) is 5.69 Å². The molecule has 0 aliphatic rings. The van der Waals surface area contributed by atoms with Crippen molar-refractivity contribution in [2.75, 3.05) is 7.05 Å². The van der Waals surface area contributed by atoms with Crippen LogP contribution in [0.2, 0.25) is 0 Å². The Labute approximate surface area is 179 Å². The van der Waals surface area contributed by atoms with Gasteiger partial charge in [0.25, 0.3) is 0 Å². The van der Waals surface area contributed by atoms with E-state index in [4.69, 9.17) is 0 Å². The summed E-state index contributed by atoms with van der Waals surface area (Å²) in [5.41, 5.74) is 4.39. The normalized spacial score (nSPS) is 11.9. The molecule has 4 aromatic rings. The van der Waals surface area contributed by atoms with Gasteiger partial charge >= 0.3 is 0 Å². The van der Waals surface area contributed by atoms with Crippen LogP contribution in [0.5, 0.6) is 5.75 Å². The zero-order valence-corrected chi connectivity index (χ0v) is 17.1. The second-order valence-electron chi connectivity index (χ2n) is 6.89. The molecule has 7 heteroatoms. The number of azo groups is 3. The third-order valence-electron chi connectivity index (χ3n) is 4.59. The minimum Gasteiger partial charge on any atom is -0.505 e. The van der Waals surface area contributed by atoms with Crippen LogP contribution in [0.15, 0.2) is 110 Å². The lowest BCUT2D eigenvalue weighted by atomic mass is 10.1. The summed E-state index contributed by atoms with van der Waals surface area (Å²) in [5.74, 6) is 0.123. The Morgan fingerprint density at radius 1 is 0.581 bits per heavy atom. The van der Waals surface area contributed by atoms with Gasteiger partial charge in [-0.25, -0.2) is 0 Å². The molecule has 0 aliphatic heterocycles. The molecule has 0 heterocycles. The van der Waals surface area contributed by atoms with Crippen LogP contribution in [0, 0.1) is 6.92 Å². The number of fused-ring (bicyclic) bond motifs is 1. The van der Waals surface area contributed by atoms with Crippen LogP contribution in [0.3, 0.4) is 0 Å².